The maximum atomic E-state index is 12.8. The highest BCUT2D eigenvalue weighted by atomic mass is 16.6. The van der Waals surface area contributed by atoms with E-state index >= 15 is 0 Å². The highest BCUT2D eigenvalue weighted by Gasteiger charge is 2.40. The fourth-order valence-corrected chi connectivity index (χ4v) is 3.22. The number of nitrogens with one attached hydrogen (secondary N) is 2. The second kappa shape index (κ2) is 9.62. The van der Waals surface area contributed by atoms with Crippen molar-refractivity contribution in [2.24, 2.45) is 0 Å². The number of rotatable bonds is 6. The van der Waals surface area contributed by atoms with Gasteiger partial charge in [0.1, 0.15) is 5.60 Å². The summed E-state index contributed by atoms with van der Waals surface area (Å²) >= 11 is 0. The molecule has 0 bridgehead atoms. The third kappa shape index (κ3) is 10.8. The van der Waals surface area contributed by atoms with E-state index in [-0.39, 0.29) is 36.2 Å². The SMILES string of the molecule is CC(C)(C)NC(=O)[C@@H]1C[C@@H](OC(C)(C)C)CN1CC(O)CNC(=O)OC(C)(C)C. The van der Waals surface area contributed by atoms with Gasteiger partial charge < -0.3 is 25.2 Å². The Morgan fingerprint density at radius 1 is 1.07 bits per heavy atom. The number of ether oxygens (including phenoxy) is 2. The first-order valence-electron chi connectivity index (χ1n) is 10.3. The minimum absolute atomic E-state index is 0.0455. The van der Waals surface area contributed by atoms with Crippen molar-refractivity contribution >= 4 is 12.0 Å². The Labute approximate surface area is 175 Å². The zero-order valence-corrected chi connectivity index (χ0v) is 19.6. The number of alkyl carbamates (subject to hydrolysis) is 1. The topological polar surface area (TPSA) is 100 Å². The molecule has 1 unspecified atom stereocenters. The molecule has 8 nitrogen and oxygen atoms in total. The van der Waals surface area contributed by atoms with Gasteiger partial charge in [-0.05, 0) is 68.7 Å². The second-order valence-corrected chi connectivity index (χ2v) is 10.8. The van der Waals surface area contributed by atoms with Crippen LogP contribution in [0.1, 0.15) is 68.7 Å². The molecule has 0 aromatic heterocycles. The molecular weight excluding hydrogens is 374 g/mol. The molecule has 29 heavy (non-hydrogen) atoms. The summed E-state index contributed by atoms with van der Waals surface area (Å²) in [6.45, 7) is 17.9. The summed E-state index contributed by atoms with van der Waals surface area (Å²) in [5, 5.41) is 16.0. The number of nitrogens with zero attached hydrogens (tertiary/aromatic N) is 1. The third-order valence-electron chi connectivity index (χ3n) is 4.01. The van der Waals surface area contributed by atoms with Gasteiger partial charge in [-0.2, -0.15) is 0 Å². The van der Waals surface area contributed by atoms with Crippen molar-refractivity contribution in [2.45, 2.75) is 104 Å². The molecule has 0 saturated carbocycles. The van der Waals surface area contributed by atoms with Gasteiger partial charge in [-0.15, -0.1) is 0 Å². The lowest BCUT2D eigenvalue weighted by Crippen LogP contribution is -2.52. The number of hydrogen-bond acceptors (Lipinski definition) is 6. The number of amides is 2. The van der Waals surface area contributed by atoms with Crippen molar-refractivity contribution < 1.29 is 24.2 Å². The van der Waals surface area contributed by atoms with Crippen LogP contribution in [0.2, 0.25) is 0 Å². The van der Waals surface area contributed by atoms with E-state index in [0.29, 0.717) is 13.0 Å². The number of carbonyl (C=O) groups excluding carboxylic acids is 2. The summed E-state index contributed by atoms with van der Waals surface area (Å²) < 4.78 is 11.3. The van der Waals surface area contributed by atoms with E-state index < -0.39 is 23.8 Å². The average molecular weight is 416 g/mol. The number of aliphatic hydroxyl groups is 1. The fourth-order valence-electron chi connectivity index (χ4n) is 3.22. The zero-order chi connectivity index (χ0) is 22.6. The van der Waals surface area contributed by atoms with Crippen LogP contribution in [0, 0.1) is 0 Å². The van der Waals surface area contributed by atoms with E-state index in [9.17, 15) is 14.7 Å². The van der Waals surface area contributed by atoms with Crippen molar-refractivity contribution in [1.82, 2.24) is 15.5 Å². The molecule has 1 saturated heterocycles. The van der Waals surface area contributed by atoms with E-state index in [4.69, 9.17) is 9.47 Å². The Morgan fingerprint density at radius 3 is 2.14 bits per heavy atom. The Bertz CT molecular complexity index is 560. The van der Waals surface area contributed by atoms with Crippen LogP contribution in [-0.2, 0) is 14.3 Å². The Kier molecular flexibility index (Phi) is 8.51. The molecule has 3 N–H and O–H groups in total. The van der Waals surface area contributed by atoms with E-state index in [0.717, 1.165) is 0 Å². The highest BCUT2D eigenvalue weighted by molar-refractivity contribution is 5.82. The minimum atomic E-state index is -0.833. The van der Waals surface area contributed by atoms with Crippen molar-refractivity contribution in [1.29, 1.82) is 0 Å². The van der Waals surface area contributed by atoms with Crippen LogP contribution in [0.5, 0.6) is 0 Å². The fraction of sp³-hybridized carbons (Fsp3) is 0.905. The lowest BCUT2D eigenvalue weighted by molar-refractivity contribution is -0.127. The van der Waals surface area contributed by atoms with E-state index in [1.54, 1.807) is 20.8 Å². The van der Waals surface area contributed by atoms with Gasteiger partial charge in [0, 0.05) is 25.2 Å². The molecule has 0 aromatic rings. The lowest BCUT2D eigenvalue weighted by atomic mass is 10.1. The predicted octanol–water partition coefficient (Wildman–Crippen LogP) is 2.04. The van der Waals surface area contributed by atoms with E-state index in [1.165, 1.54) is 0 Å². The van der Waals surface area contributed by atoms with Gasteiger partial charge in [-0.1, -0.05) is 0 Å². The molecule has 0 spiro atoms. The number of β-amino-alcohol motifs (C(OH)–C–C–N with tert-alkyl or cyclic N) is 1. The van der Waals surface area contributed by atoms with Gasteiger partial charge in [0.05, 0.1) is 23.9 Å². The van der Waals surface area contributed by atoms with Crippen LogP contribution in [0.25, 0.3) is 0 Å². The molecule has 1 heterocycles. The lowest BCUT2D eigenvalue weighted by Gasteiger charge is -2.29. The van der Waals surface area contributed by atoms with Gasteiger partial charge in [0.15, 0.2) is 0 Å². The molecule has 8 heteroatoms. The van der Waals surface area contributed by atoms with Crippen LogP contribution >= 0.6 is 0 Å². The first-order valence-corrected chi connectivity index (χ1v) is 10.3. The molecule has 0 aromatic carbocycles. The number of hydrogen-bond donors (Lipinski definition) is 3. The van der Waals surface area contributed by atoms with Crippen molar-refractivity contribution in [2.75, 3.05) is 19.6 Å². The second-order valence-electron chi connectivity index (χ2n) is 10.8. The number of carbonyl (C=O) groups is 2. The van der Waals surface area contributed by atoms with Crippen molar-refractivity contribution in [3.8, 4) is 0 Å². The monoisotopic (exact) mass is 415 g/mol. The third-order valence-corrected chi connectivity index (χ3v) is 4.01. The Morgan fingerprint density at radius 2 is 1.66 bits per heavy atom. The highest BCUT2D eigenvalue weighted by Crippen LogP contribution is 2.25. The van der Waals surface area contributed by atoms with Crippen LogP contribution < -0.4 is 10.6 Å². The van der Waals surface area contributed by atoms with Crippen LogP contribution in [0.4, 0.5) is 4.79 Å². The number of likely N-dealkylation sites (tertiary alicyclic amines) is 1. The predicted molar refractivity (Wildman–Crippen MR) is 113 cm³/mol. The quantitative estimate of drug-likeness (QED) is 0.614. The largest absolute Gasteiger partial charge is 0.444 e. The summed E-state index contributed by atoms with van der Waals surface area (Å²) in [6.07, 6.45) is -0.947. The van der Waals surface area contributed by atoms with Crippen molar-refractivity contribution in [3.63, 3.8) is 0 Å². The molecule has 1 aliphatic rings. The molecule has 3 atom stereocenters. The van der Waals surface area contributed by atoms with Gasteiger partial charge in [0.2, 0.25) is 5.91 Å². The van der Waals surface area contributed by atoms with Crippen molar-refractivity contribution in [3.05, 3.63) is 0 Å². The molecule has 170 valence electrons. The molecule has 0 aliphatic carbocycles. The zero-order valence-electron chi connectivity index (χ0n) is 19.6. The van der Waals surface area contributed by atoms with Gasteiger partial charge in [-0.3, -0.25) is 9.69 Å². The first kappa shape index (κ1) is 25.7. The summed E-state index contributed by atoms with van der Waals surface area (Å²) in [4.78, 5) is 26.5. The Balaban J connectivity index is 2.71. The summed E-state index contributed by atoms with van der Waals surface area (Å²) in [5.74, 6) is -0.0789. The minimum Gasteiger partial charge on any atom is -0.444 e. The first-order chi connectivity index (χ1) is 13.0. The molecule has 2 amide bonds. The van der Waals surface area contributed by atoms with Crippen LogP contribution in [-0.4, -0.2) is 76.6 Å². The standard InChI is InChI=1S/C21H41N3O5/c1-19(2,3)23-17(26)16-10-15(28-20(4,5)6)13-24(16)12-14(25)11-22-18(27)29-21(7,8)9/h14-16,25H,10-13H2,1-9H3,(H,22,27)(H,23,26)/t14?,15-,16+/m1/s1. The van der Waals surface area contributed by atoms with Gasteiger partial charge in [-0.25, -0.2) is 4.79 Å². The van der Waals surface area contributed by atoms with Crippen LogP contribution in [0.15, 0.2) is 0 Å². The maximum Gasteiger partial charge on any atom is 0.407 e. The van der Waals surface area contributed by atoms with E-state index in [2.05, 4.69) is 10.6 Å². The van der Waals surface area contributed by atoms with Gasteiger partial charge >= 0.3 is 6.09 Å². The normalized spacial score (nSPS) is 22.3. The smallest absolute Gasteiger partial charge is 0.407 e. The van der Waals surface area contributed by atoms with E-state index in [1.807, 2.05) is 46.4 Å². The summed E-state index contributed by atoms with van der Waals surface area (Å²) in [6, 6.07) is -0.391. The average Bonchev–Trinajstić information content (AvgIpc) is 2.82. The van der Waals surface area contributed by atoms with Crippen LogP contribution in [0.3, 0.4) is 0 Å². The summed E-state index contributed by atoms with van der Waals surface area (Å²) in [5.41, 5.74) is -1.26. The maximum absolute atomic E-state index is 12.8. The molecule has 0 radical (unpaired) electrons. The molecule has 1 fully saturated rings. The Hall–Kier alpha value is -1.38. The summed E-state index contributed by atoms with van der Waals surface area (Å²) in [7, 11) is 0. The van der Waals surface area contributed by atoms with Gasteiger partial charge in [0.25, 0.3) is 0 Å². The molecule has 1 aliphatic heterocycles. The molecule has 1 rings (SSSR count). The molecular formula is C21H41N3O5. The number of aliphatic hydroxyl groups excluding tert-OH is 1.